The Bertz CT molecular complexity index is 664. The zero-order chi connectivity index (χ0) is 16.7. The number of methoxy groups -OCH3 is 1. The van der Waals surface area contributed by atoms with Gasteiger partial charge in [0.25, 0.3) is 5.91 Å². The quantitative estimate of drug-likeness (QED) is 0.760. The lowest BCUT2D eigenvalue weighted by atomic mass is 10.2. The Morgan fingerprint density at radius 2 is 2.00 bits per heavy atom. The Morgan fingerprint density at radius 3 is 2.65 bits per heavy atom. The molecule has 0 saturated heterocycles. The van der Waals surface area contributed by atoms with E-state index in [-0.39, 0.29) is 17.2 Å². The van der Waals surface area contributed by atoms with Crippen LogP contribution in [0.4, 0.5) is 4.39 Å². The number of halogens is 2. The van der Waals surface area contributed by atoms with Crippen molar-refractivity contribution in [2.24, 2.45) is 0 Å². The van der Waals surface area contributed by atoms with Gasteiger partial charge in [0.1, 0.15) is 0 Å². The molecule has 3 nitrogen and oxygen atoms in total. The second kappa shape index (κ2) is 8.79. The summed E-state index contributed by atoms with van der Waals surface area (Å²) in [7, 11) is 1.38. The number of benzene rings is 2. The van der Waals surface area contributed by atoms with Gasteiger partial charge in [-0.3, -0.25) is 4.79 Å². The van der Waals surface area contributed by atoms with Crippen molar-refractivity contribution in [3.05, 3.63) is 64.4 Å². The number of hydrogen-bond acceptors (Lipinski definition) is 3. The van der Waals surface area contributed by atoms with Gasteiger partial charge in [-0.2, -0.15) is 11.8 Å². The number of thioether (sulfide) groups is 1. The number of carbonyl (C=O) groups is 1. The van der Waals surface area contributed by atoms with Crippen molar-refractivity contribution in [3.8, 4) is 5.75 Å². The van der Waals surface area contributed by atoms with E-state index in [0.29, 0.717) is 6.54 Å². The Hall–Kier alpha value is -1.72. The molecule has 122 valence electrons. The first-order valence-corrected chi connectivity index (χ1v) is 8.57. The van der Waals surface area contributed by atoms with Gasteiger partial charge >= 0.3 is 0 Å². The van der Waals surface area contributed by atoms with Gasteiger partial charge in [-0.15, -0.1) is 0 Å². The zero-order valence-electron chi connectivity index (χ0n) is 12.6. The Kier molecular flexibility index (Phi) is 6.74. The molecule has 0 spiro atoms. The molecule has 0 fully saturated rings. The van der Waals surface area contributed by atoms with E-state index in [4.69, 9.17) is 16.3 Å². The van der Waals surface area contributed by atoms with Crippen molar-refractivity contribution in [2.75, 3.05) is 19.4 Å². The maximum Gasteiger partial charge on any atom is 0.251 e. The predicted molar refractivity (Wildman–Crippen MR) is 92.9 cm³/mol. The van der Waals surface area contributed by atoms with Crippen LogP contribution in [0.25, 0.3) is 0 Å². The van der Waals surface area contributed by atoms with Gasteiger partial charge in [-0.1, -0.05) is 23.7 Å². The number of ether oxygens (including phenoxy) is 1. The fraction of sp³-hybridized carbons (Fsp3) is 0.235. The minimum atomic E-state index is -0.544. The van der Waals surface area contributed by atoms with Crippen LogP contribution in [0.5, 0.6) is 5.75 Å². The monoisotopic (exact) mass is 353 g/mol. The SMILES string of the molecule is COc1ccc(C(=O)NCCSCc2ccc(Cl)cc2)cc1F. The molecule has 2 aromatic carbocycles. The Balaban J connectivity index is 1.72. The van der Waals surface area contributed by atoms with E-state index in [9.17, 15) is 9.18 Å². The maximum absolute atomic E-state index is 13.6. The summed E-state index contributed by atoms with van der Waals surface area (Å²) in [6, 6.07) is 11.8. The molecule has 2 aromatic rings. The van der Waals surface area contributed by atoms with Gasteiger partial charge in [0.05, 0.1) is 7.11 Å². The largest absolute Gasteiger partial charge is 0.494 e. The van der Waals surface area contributed by atoms with Crippen LogP contribution in [0, 0.1) is 5.82 Å². The average Bonchev–Trinajstić information content (AvgIpc) is 2.56. The molecule has 0 bridgehead atoms. The molecule has 1 N–H and O–H groups in total. The first-order chi connectivity index (χ1) is 11.1. The topological polar surface area (TPSA) is 38.3 Å². The Labute approximate surface area is 144 Å². The van der Waals surface area contributed by atoms with Crippen molar-refractivity contribution in [3.63, 3.8) is 0 Å². The maximum atomic E-state index is 13.6. The van der Waals surface area contributed by atoms with Gasteiger partial charge < -0.3 is 10.1 Å². The Morgan fingerprint density at radius 1 is 1.26 bits per heavy atom. The highest BCUT2D eigenvalue weighted by molar-refractivity contribution is 7.98. The molecular formula is C17H17ClFNO2S. The van der Waals surface area contributed by atoms with Gasteiger partial charge in [0.2, 0.25) is 0 Å². The number of rotatable bonds is 7. The number of amides is 1. The third-order valence-electron chi connectivity index (χ3n) is 3.13. The van der Waals surface area contributed by atoms with Crippen LogP contribution in [-0.4, -0.2) is 25.3 Å². The molecule has 6 heteroatoms. The minimum absolute atomic E-state index is 0.125. The lowest BCUT2D eigenvalue weighted by molar-refractivity contribution is 0.0955. The van der Waals surface area contributed by atoms with Crippen LogP contribution < -0.4 is 10.1 Å². The summed E-state index contributed by atoms with van der Waals surface area (Å²) in [6.07, 6.45) is 0. The number of carbonyl (C=O) groups excluding carboxylic acids is 1. The summed E-state index contributed by atoms with van der Waals surface area (Å²) in [6.45, 7) is 0.519. The van der Waals surface area contributed by atoms with Gasteiger partial charge in [-0.05, 0) is 35.9 Å². The average molecular weight is 354 g/mol. The van der Waals surface area contributed by atoms with Crippen LogP contribution in [-0.2, 0) is 5.75 Å². The number of nitrogens with one attached hydrogen (secondary N) is 1. The molecule has 0 aliphatic rings. The molecule has 0 saturated carbocycles. The van der Waals surface area contributed by atoms with Gasteiger partial charge in [0, 0.05) is 28.6 Å². The van der Waals surface area contributed by atoms with Crippen molar-refractivity contribution in [2.45, 2.75) is 5.75 Å². The highest BCUT2D eigenvalue weighted by Crippen LogP contribution is 2.18. The second-order valence-electron chi connectivity index (χ2n) is 4.78. The third kappa shape index (κ3) is 5.44. The fourth-order valence-electron chi connectivity index (χ4n) is 1.92. The summed E-state index contributed by atoms with van der Waals surface area (Å²) >= 11 is 7.54. The van der Waals surface area contributed by atoms with Crippen LogP contribution >= 0.6 is 23.4 Å². The summed E-state index contributed by atoms with van der Waals surface area (Å²) in [5.41, 5.74) is 1.47. The second-order valence-corrected chi connectivity index (χ2v) is 6.33. The van der Waals surface area contributed by atoms with Crippen LogP contribution in [0.1, 0.15) is 15.9 Å². The van der Waals surface area contributed by atoms with Gasteiger partial charge in [0.15, 0.2) is 11.6 Å². The molecule has 0 aliphatic heterocycles. The highest BCUT2D eigenvalue weighted by atomic mass is 35.5. The zero-order valence-corrected chi connectivity index (χ0v) is 14.2. The summed E-state index contributed by atoms with van der Waals surface area (Å²) < 4.78 is 18.4. The van der Waals surface area contributed by atoms with Crippen molar-refractivity contribution >= 4 is 29.3 Å². The van der Waals surface area contributed by atoms with E-state index in [1.54, 1.807) is 11.8 Å². The van der Waals surface area contributed by atoms with E-state index in [0.717, 1.165) is 16.5 Å². The number of hydrogen-bond donors (Lipinski definition) is 1. The summed E-state index contributed by atoms with van der Waals surface area (Å²) in [5.74, 6) is 0.910. The van der Waals surface area contributed by atoms with E-state index >= 15 is 0 Å². The molecule has 0 aromatic heterocycles. The fourth-order valence-corrected chi connectivity index (χ4v) is 2.86. The van der Waals surface area contributed by atoms with Crippen LogP contribution in [0.3, 0.4) is 0 Å². The summed E-state index contributed by atoms with van der Waals surface area (Å²) in [5, 5.41) is 3.49. The molecule has 1 amide bonds. The predicted octanol–water partition coefficient (Wildman–Crippen LogP) is 4.15. The molecule has 23 heavy (non-hydrogen) atoms. The van der Waals surface area contributed by atoms with E-state index in [1.165, 1.54) is 30.9 Å². The lowest BCUT2D eigenvalue weighted by Gasteiger charge is -2.07. The van der Waals surface area contributed by atoms with Crippen molar-refractivity contribution in [1.29, 1.82) is 0 Å². The van der Waals surface area contributed by atoms with Crippen LogP contribution in [0.2, 0.25) is 5.02 Å². The van der Waals surface area contributed by atoms with E-state index in [2.05, 4.69) is 5.32 Å². The molecule has 0 atom stereocenters. The first kappa shape index (κ1) is 17.6. The summed E-state index contributed by atoms with van der Waals surface area (Å²) in [4.78, 5) is 11.9. The normalized spacial score (nSPS) is 10.4. The lowest BCUT2D eigenvalue weighted by Crippen LogP contribution is -2.25. The highest BCUT2D eigenvalue weighted by Gasteiger charge is 2.09. The third-order valence-corrected chi connectivity index (χ3v) is 4.41. The van der Waals surface area contributed by atoms with E-state index < -0.39 is 5.82 Å². The van der Waals surface area contributed by atoms with E-state index in [1.807, 2.05) is 24.3 Å². The molecule has 2 rings (SSSR count). The smallest absolute Gasteiger partial charge is 0.251 e. The molecule has 0 unspecified atom stereocenters. The molecule has 0 heterocycles. The minimum Gasteiger partial charge on any atom is -0.494 e. The van der Waals surface area contributed by atoms with Crippen molar-refractivity contribution in [1.82, 2.24) is 5.32 Å². The molecule has 0 aliphatic carbocycles. The molecular weight excluding hydrogens is 337 g/mol. The van der Waals surface area contributed by atoms with Crippen LogP contribution in [0.15, 0.2) is 42.5 Å². The first-order valence-electron chi connectivity index (χ1n) is 7.04. The standard InChI is InChI=1S/C17H17ClFNO2S/c1-22-16-7-4-13(10-15(16)19)17(21)20-8-9-23-11-12-2-5-14(18)6-3-12/h2-7,10H,8-9,11H2,1H3,(H,20,21). The van der Waals surface area contributed by atoms with Gasteiger partial charge in [-0.25, -0.2) is 4.39 Å². The van der Waals surface area contributed by atoms with Crippen molar-refractivity contribution < 1.29 is 13.9 Å². The molecule has 0 radical (unpaired) electrons.